The van der Waals surface area contributed by atoms with Crippen LogP contribution in [0.15, 0.2) is 47.6 Å². The fraction of sp³-hybridized carbons (Fsp3) is 0.176. The van der Waals surface area contributed by atoms with Gasteiger partial charge in [0.15, 0.2) is 11.2 Å². The number of nitrogens with zero attached hydrogens (tertiary/aromatic N) is 2. The highest BCUT2D eigenvalue weighted by molar-refractivity contribution is 8.13. The molecule has 2 aromatic carbocycles. The molecule has 25 heavy (non-hydrogen) atoms. The Morgan fingerprint density at radius 1 is 1.16 bits per heavy atom. The van der Waals surface area contributed by atoms with Gasteiger partial charge in [-0.3, -0.25) is 9.80 Å². The molecule has 0 aliphatic carbocycles. The Morgan fingerprint density at radius 2 is 1.96 bits per heavy atom. The Labute approximate surface area is 159 Å². The lowest BCUT2D eigenvalue weighted by molar-refractivity contribution is -0.127. The van der Waals surface area contributed by atoms with Gasteiger partial charge >= 0.3 is 0 Å². The van der Waals surface area contributed by atoms with E-state index in [1.54, 1.807) is 17.1 Å². The Kier molecular flexibility index (Phi) is 4.27. The van der Waals surface area contributed by atoms with E-state index in [1.807, 2.05) is 36.6 Å². The Balaban J connectivity index is 1.88. The van der Waals surface area contributed by atoms with Crippen molar-refractivity contribution in [1.29, 1.82) is 0 Å². The van der Waals surface area contributed by atoms with Crippen molar-refractivity contribution in [2.75, 3.05) is 11.6 Å². The van der Waals surface area contributed by atoms with E-state index in [4.69, 9.17) is 23.2 Å². The van der Waals surface area contributed by atoms with Gasteiger partial charge < -0.3 is 10.6 Å². The fourth-order valence-corrected chi connectivity index (χ4v) is 3.98. The van der Waals surface area contributed by atoms with E-state index >= 15 is 0 Å². The first-order chi connectivity index (χ1) is 12.1. The minimum Gasteiger partial charge on any atom is -0.360 e. The lowest BCUT2D eigenvalue weighted by atomic mass is 9.97. The third-order valence-electron chi connectivity index (χ3n) is 4.21. The molecule has 0 spiro atoms. The normalized spacial score (nSPS) is 21.6. The maximum absolute atomic E-state index is 12.7. The van der Waals surface area contributed by atoms with E-state index in [0.29, 0.717) is 15.2 Å². The molecule has 8 heteroatoms. The number of benzene rings is 2. The van der Waals surface area contributed by atoms with E-state index < -0.39 is 6.04 Å². The van der Waals surface area contributed by atoms with Gasteiger partial charge in [0.25, 0.3) is 5.91 Å². The topological polar surface area (TPSA) is 56.7 Å². The summed E-state index contributed by atoms with van der Waals surface area (Å²) in [6.45, 7) is 0. The third-order valence-corrected chi connectivity index (χ3v) is 5.34. The maximum atomic E-state index is 12.7. The Hall–Kier alpha value is -1.89. The standard InChI is InChI=1S/C17H14Cl2N4OS/c1-25-17-21-16(24)14-11-4-2-3-5-13(11)20-15(23(14)22-17)10-7-6-9(18)8-12(10)19/h2-8,14-15,20H,1H3,(H,21,22,24)/t14-,15+/m0/s1. The first-order valence-electron chi connectivity index (χ1n) is 7.60. The zero-order chi connectivity index (χ0) is 17.6. The number of halogens is 2. The summed E-state index contributed by atoms with van der Waals surface area (Å²) in [5.41, 5.74) is 2.58. The molecule has 2 aliphatic rings. The fourth-order valence-electron chi connectivity index (χ4n) is 3.09. The number of amides is 1. The molecule has 0 unspecified atom stereocenters. The lowest BCUT2D eigenvalue weighted by Crippen LogP contribution is -2.50. The average molecular weight is 393 g/mol. The summed E-state index contributed by atoms with van der Waals surface area (Å²) in [5, 5.41) is 14.3. The number of anilines is 1. The van der Waals surface area contributed by atoms with Gasteiger partial charge in [-0.25, -0.2) is 0 Å². The number of fused-ring (bicyclic) bond motifs is 3. The molecule has 0 radical (unpaired) electrons. The molecule has 4 rings (SSSR count). The second kappa shape index (κ2) is 6.44. The van der Waals surface area contributed by atoms with Crippen LogP contribution in [0.1, 0.15) is 23.3 Å². The molecule has 0 aromatic heterocycles. The number of hydrazone groups is 1. The van der Waals surface area contributed by atoms with Crippen LogP contribution in [0.3, 0.4) is 0 Å². The van der Waals surface area contributed by atoms with Gasteiger partial charge in [-0.15, -0.1) is 5.10 Å². The van der Waals surface area contributed by atoms with E-state index in [2.05, 4.69) is 15.7 Å². The molecule has 0 bridgehead atoms. The number of carbonyl (C=O) groups is 1. The van der Waals surface area contributed by atoms with Gasteiger partial charge in [0, 0.05) is 26.9 Å². The van der Waals surface area contributed by atoms with Gasteiger partial charge in [-0.2, -0.15) is 0 Å². The molecule has 0 fully saturated rings. The zero-order valence-corrected chi connectivity index (χ0v) is 15.5. The smallest absolute Gasteiger partial charge is 0.255 e. The minimum absolute atomic E-state index is 0.108. The number of hydrogen-bond acceptors (Lipinski definition) is 5. The van der Waals surface area contributed by atoms with Crippen LogP contribution >= 0.6 is 35.0 Å². The predicted molar refractivity (Wildman–Crippen MR) is 103 cm³/mol. The summed E-state index contributed by atoms with van der Waals surface area (Å²) in [4.78, 5) is 12.7. The maximum Gasteiger partial charge on any atom is 0.255 e. The highest BCUT2D eigenvalue weighted by atomic mass is 35.5. The van der Waals surface area contributed by atoms with Crippen LogP contribution in [0.5, 0.6) is 0 Å². The summed E-state index contributed by atoms with van der Waals surface area (Å²) in [6.07, 6.45) is 1.49. The van der Waals surface area contributed by atoms with Crippen molar-refractivity contribution in [2.45, 2.75) is 12.2 Å². The number of carbonyl (C=O) groups excluding carboxylic acids is 1. The highest BCUT2D eigenvalue weighted by Gasteiger charge is 2.42. The third kappa shape index (κ3) is 2.84. The summed E-state index contributed by atoms with van der Waals surface area (Å²) in [7, 11) is 0. The van der Waals surface area contributed by atoms with Crippen molar-refractivity contribution in [3.63, 3.8) is 0 Å². The van der Waals surface area contributed by atoms with Crippen molar-refractivity contribution in [2.24, 2.45) is 5.10 Å². The van der Waals surface area contributed by atoms with Crippen LogP contribution in [-0.2, 0) is 4.79 Å². The molecule has 2 N–H and O–H groups in total. The van der Waals surface area contributed by atoms with Crippen LogP contribution in [-0.4, -0.2) is 22.3 Å². The second-order valence-corrected chi connectivity index (χ2v) is 7.32. The van der Waals surface area contributed by atoms with E-state index in [-0.39, 0.29) is 12.1 Å². The van der Waals surface area contributed by atoms with Crippen molar-refractivity contribution in [1.82, 2.24) is 10.3 Å². The second-order valence-electron chi connectivity index (χ2n) is 5.68. The molecule has 2 aliphatic heterocycles. The number of amidine groups is 1. The van der Waals surface area contributed by atoms with E-state index in [0.717, 1.165) is 16.8 Å². The van der Waals surface area contributed by atoms with Gasteiger partial charge in [-0.1, -0.05) is 59.2 Å². The largest absolute Gasteiger partial charge is 0.360 e. The molecule has 0 saturated heterocycles. The number of hydrogen-bond donors (Lipinski definition) is 2. The molecule has 2 heterocycles. The van der Waals surface area contributed by atoms with Crippen LogP contribution in [0, 0.1) is 0 Å². The molecule has 0 saturated carbocycles. The number of rotatable bonds is 1. The SMILES string of the molecule is CSC1=NN2[C@H](C(=O)N1)c1ccccc1N[C@H]2c1ccc(Cl)cc1Cl. The Bertz CT molecular complexity index is 889. The number of thioether (sulfide) groups is 1. The first-order valence-corrected chi connectivity index (χ1v) is 9.59. The van der Waals surface area contributed by atoms with Gasteiger partial charge in [0.2, 0.25) is 0 Å². The van der Waals surface area contributed by atoms with Gasteiger partial charge in [0.05, 0.1) is 0 Å². The molecule has 1 amide bonds. The summed E-state index contributed by atoms with van der Waals surface area (Å²) >= 11 is 13.8. The molecule has 128 valence electrons. The molecule has 2 atom stereocenters. The van der Waals surface area contributed by atoms with Gasteiger partial charge in [0.1, 0.15) is 6.17 Å². The molecule has 2 aromatic rings. The van der Waals surface area contributed by atoms with Crippen LogP contribution < -0.4 is 10.6 Å². The highest BCUT2D eigenvalue weighted by Crippen LogP contribution is 2.44. The van der Waals surface area contributed by atoms with Crippen LogP contribution in [0.25, 0.3) is 0 Å². The monoisotopic (exact) mass is 392 g/mol. The lowest BCUT2D eigenvalue weighted by Gasteiger charge is -2.43. The van der Waals surface area contributed by atoms with Crippen LogP contribution in [0.4, 0.5) is 5.69 Å². The molecular formula is C17H14Cl2N4OS. The van der Waals surface area contributed by atoms with Crippen molar-refractivity contribution >= 4 is 51.7 Å². The quantitative estimate of drug-likeness (QED) is 0.762. The van der Waals surface area contributed by atoms with Crippen molar-refractivity contribution in [3.05, 3.63) is 63.6 Å². The minimum atomic E-state index is -0.523. The van der Waals surface area contributed by atoms with E-state index in [1.165, 1.54) is 11.8 Å². The summed E-state index contributed by atoms with van der Waals surface area (Å²) in [5.74, 6) is -0.108. The summed E-state index contributed by atoms with van der Waals surface area (Å²) < 4.78 is 0. The summed E-state index contributed by atoms with van der Waals surface area (Å²) in [6, 6.07) is 12.5. The molecule has 5 nitrogen and oxygen atoms in total. The first kappa shape index (κ1) is 16.6. The van der Waals surface area contributed by atoms with Crippen LogP contribution in [0.2, 0.25) is 10.0 Å². The Morgan fingerprint density at radius 3 is 2.72 bits per heavy atom. The number of nitrogens with one attached hydrogen (secondary N) is 2. The molecular weight excluding hydrogens is 379 g/mol. The van der Waals surface area contributed by atoms with Crippen molar-refractivity contribution < 1.29 is 4.79 Å². The van der Waals surface area contributed by atoms with Crippen molar-refractivity contribution in [3.8, 4) is 0 Å². The van der Waals surface area contributed by atoms with Gasteiger partial charge in [-0.05, 0) is 24.5 Å². The predicted octanol–water partition coefficient (Wildman–Crippen LogP) is 4.22. The van der Waals surface area contributed by atoms with E-state index in [9.17, 15) is 4.79 Å². The number of para-hydroxylation sites is 1. The average Bonchev–Trinajstić information content (AvgIpc) is 2.61. The zero-order valence-electron chi connectivity index (χ0n) is 13.2.